The SMILES string of the molecule is Cc1cc(C)c2cccc(OCc3c(Cl)ccc(S(=O)(=O)NC4(C(=O)N5CCN(C(=N)NCCNCCCN)CC5)CCCC4)c3Cl)c2n1. The van der Waals surface area contributed by atoms with E-state index in [4.69, 9.17) is 39.1 Å². The maximum Gasteiger partial charge on any atom is 0.243 e. The van der Waals surface area contributed by atoms with Crippen LogP contribution in [0.2, 0.25) is 10.0 Å². The fraction of sp³-hybridized carbons (Fsp3) is 0.500. The van der Waals surface area contributed by atoms with Crippen molar-refractivity contribution < 1.29 is 17.9 Å². The molecule has 0 atom stereocenters. The van der Waals surface area contributed by atoms with Gasteiger partial charge in [0.25, 0.3) is 0 Å². The Morgan fingerprint density at radius 2 is 1.76 bits per heavy atom. The Bertz CT molecular complexity index is 1780. The van der Waals surface area contributed by atoms with Gasteiger partial charge in [0.1, 0.15) is 28.3 Å². The Morgan fingerprint density at radius 3 is 2.47 bits per heavy atom. The molecular weight excluding hydrogens is 687 g/mol. The van der Waals surface area contributed by atoms with Crippen molar-refractivity contribution in [3.8, 4) is 5.75 Å². The Kier molecular flexibility index (Phi) is 12.3. The van der Waals surface area contributed by atoms with Gasteiger partial charge >= 0.3 is 0 Å². The molecule has 15 heteroatoms. The van der Waals surface area contributed by atoms with Crippen molar-refractivity contribution in [2.24, 2.45) is 5.73 Å². The predicted octanol–water partition coefficient (Wildman–Crippen LogP) is 3.94. The van der Waals surface area contributed by atoms with Crippen molar-refractivity contribution in [2.75, 3.05) is 52.4 Å². The number of aryl methyl sites for hydroxylation is 2. The second-order valence-electron chi connectivity index (χ2n) is 12.7. The molecule has 266 valence electrons. The maximum atomic E-state index is 14.0. The number of halogens is 2. The lowest BCUT2D eigenvalue weighted by molar-refractivity contribution is -0.138. The summed E-state index contributed by atoms with van der Waals surface area (Å²) < 4.78 is 36.9. The molecule has 2 fully saturated rings. The molecule has 0 radical (unpaired) electrons. The number of aromatic nitrogens is 1. The summed E-state index contributed by atoms with van der Waals surface area (Å²) in [6.45, 7) is 8.34. The zero-order valence-electron chi connectivity index (χ0n) is 28.1. The summed E-state index contributed by atoms with van der Waals surface area (Å²) >= 11 is 13.3. The van der Waals surface area contributed by atoms with E-state index < -0.39 is 15.6 Å². The molecular formula is C34H46Cl2N8O4S. The first-order valence-electron chi connectivity index (χ1n) is 16.7. The largest absolute Gasteiger partial charge is 0.487 e. The minimum atomic E-state index is -4.25. The van der Waals surface area contributed by atoms with Crippen LogP contribution < -0.4 is 25.8 Å². The standard InChI is InChI=1S/C34H46Cl2N8O4S/c1-23-21-24(2)41-31-25(23)7-5-8-28(31)48-22-26-27(35)9-10-29(30(26)36)49(46,47)42-34(11-3-4-12-34)32(45)43-17-19-44(20-18-43)33(38)40-16-15-39-14-6-13-37/h5,7-10,21,39,42H,3-4,6,11-20,22,37H2,1-2H3,(H2,38,40). The van der Waals surface area contributed by atoms with E-state index in [1.807, 2.05) is 36.9 Å². The fourth-order valence-corrected chi connectivity index (χ4v) is 8.86. The predicted molar refractivity (Wildman–Crippen MR) is 194 cm³/mol. The number of fused-ring (bicyclic) bond motifs is 1. The molecule has 2 heterocycles. The Hall–Kier alpha value is -3.20. The van der Waals surface area contributed by atoms with Crippen LogP contribution in [-0.4, -0.2) is 93.0 Å². The molecule has 1 aromatic heterocycles. The van der Waals surface area contributed by atoms with E-state index in [1.54, 1.807) is 11.0 Å². The molecule has 49 heavy (non-hydrogen) atoms. The quantitative estimate of drug-likeness (QED) is 0.0995. The van der Waals surface area contributed by atoms with Crippen molar-refractivity contribution in [3.05, 3.63) is 63.3 Å². The number of hydrogen-bond acceptors (Lipinski definition) is 8. The highest BCUT2D eigenvalue weighted by atomic mass is 35.5. The summed E-state index contributed by atoms with van der Waals surface area (Å²) in [5, 5.41) is 16.0. The Labute approximate surface area is 298 Å². The van der Waals surface area contributed by atoms with Gasteiger partial charge in [0.05, 0.1) is 5.02 Å². The third kappa shape index (κ3) is 8.58. The van der Waals surface area contributed by atoms with Crippen molar-refractivity contribution in [3.63, 3.8) is 0 Å². The van der Waals surface area contributed by atoms with Gasteiger partial charge in [-0.25, -0.2) is 13.4 Å². The average molecular weight is 734 g/mol. The minimum Gasteiger partial charge on any atom is -0.487 e. The van der Waals surface area contributed by atoms with Crippen LogP contribution in [0.1, 0.15) is 48.9 Å². The Morgan fingerprint density at radius 1 is 1.04 bits per heavy atom. The molecule has 1 saturated carbocycles. The van der Waals surface area contributed by atoms with Crippen LogP contribution in [-0.2, 0) is 21.4 Å². The van der Waals surface area contributed by atoms with Crippen molar-refractivity contribution in [2.45, 2.75) is 63.0 Å². The summed E-state index contributed by atoms with van der Waals surface area (Å²) in [6, 6.07) is 10.5. The number of pyridine rings is 1. The number of rotatable bonds is 13. The molecule has 1 aliphatic carbocycles. The summed E-state index contributed by atoms with van der Waals surface area (Å²) in [6.07, 6.45) is 3.10. The van der Waals surface area contributed by atoms with E-state index in [0.29, 0.717) is 87.7 Å². The van der Waals surface area contributed by atoms with Crippen molar-refractivity contribution in [1.29, 1.82) is 5.41 Å². The highest BCUT2D eigenvalue weighted by Crippen LogP contribution is 2.37. The zero-order valence-corrected chi connectivity index (χ0v) is 30.4. The number of nitrogens with zero attached hydrogens (tertiary/aromatic N) is 3. The number of nitrogens with two attached hydrogens (primary N) is 1. The molecule has 1 aliphatic heterocycles. The van der Waals surface area contributed by atoms with Crippen LogP contribution in [0.15, 0.2) is 41.3 Å². The lowest BCUT2D eigenvalue weighted by Gasteiger charge is -2.40. The second kappa shape index (κ2) is 16.2. The van der Waals surface area contributed by atoms with Gasteiger partial charge in [0.2, 0.25) is 15.9 Å². The number of nitrogens with one attached hydrogen (secondary N) is 4. The number of carbonyl (C=O) groups is 1. The number of amides is 1. The molecule has 6 N–H and O–H groups in total. The van der Waals surface area contributed by atoms with Crippen LogP contribution in [0.3, 0.4) is 0 Å². The molecule has 2 aliphatic rings. The monoisotopic (exact) mass is 732 g/mol. The van der Waals surface area contributed by atoms with Gasteiger partial charge in [0.15, 0.2) is 5.96 Å². The van der Waals surface area contributed by atoms with Crippen molar-refractivity contribution in [1.82, 2.24) is 30.1 Å². The Balaban J connectivity index is 1.26. The van der Waals surface area contributed by atoms with Crippen LogP contribution in [0.25, 0.3) is 10.9 Å². The van der Waals surface area contributed by atoms with Gasteiger partial charge in [-0.2, -0.15) is 4.72 Å². The highest BCUT2D eigenvalue weighted by molar-refractivity contribution is 7.89. The second-order valence-corrected chi connectivity index (χ2v) is 15.1. The third-order valence-electron chi connectivity index (χ3n) is 9.18. The van der Waals surface area contributed by atoms with Gasteiger partial charge in [0, 0.05) is 60.9 Å². The average Bonchev–Trinajstić information content (AvgIpc) is 3.54. The van der Waals surface area contributed by atoms with Crippen LogP contribution in [0, 0.1) is 19.3 Å². The number of guanidine groups is 1. The molecule has 3 aromatic rings. The first kappa shape index (κ1) is 37.1. The number of ether oxygens (including phenoxy) is 1. The molecule has 0 unspecified atom stereocenters. The number of hydrogen-bond donors (Lipinski definition) is 5. The molecule has 1 amide bonds. The molecule has 12 nitrogen and oxygen atoms in total. The topological polar surface area (TPSA) is 166 Å². The van der Waals surface area contributed by atoms with E-state index in [1.165, 1.54) is 12.1 Å². The summed E-state index contributed by atoms with van der Waals surface area (Å²) in [7, 11) is -4.25. The van der Waals surface area contributed by atoms with E-state index in [-0.39, 0.29) is 27.5 Å². The number of piperazine rings is 1. The van der Waals surface area contributed by atoms with E-state index >= 15 is 0 Å². The maximum absolute atomic E-state index is 14.0. The first-order chi connectivity index (χ1) is 23.5. The van der Waals surface area contributed by atoms with E-state index in [2.05, 4.69) is 20.3 Å². The van der Waals surface area contributed by atoms with E-state index in [9.17, 15) is 13.2 Å². The van der Waals surface area contributed by atoms with Gasteiger partial charge in [-0.1, -0.05) is 48.2 Å². The van der Waals surface area contributed by atoms with Crippen LogP contribution >= 0.6 is 23.2 Å². The van der Waals surface area contributed by atoms with E-state index in [0.717, 1.165) is 36.2 Å². The zero-order chi connectivity index (χ0) is 35.2. The minimum absolute atomic E-state index is 0.0599. The van der Waals surface area contributed by atoms with Gasteiger partial charge in [-0.15, -0.1) is 0 Å². The number of benzene rings is 2. The van der Waals surface area contributed by atoms with Crippen molar-refractivity contribution >= 4 is 56.0 Å². The number of sulfonamides is 1. The van der Waals surface area contributed by atoms with Gasteiger partial charge < -0.3 is 30.9 Å². The smallest absolute Gasteiger partial charge is 0.243 e. The lowest BCUT2D eigenvalue weighted by Crippen LogP contribution is -2.62. The van der Waals surface area contributed by atoms with Crippen LogP contribution in [0.5, 0.6) is 5.75 Å². The normalized spacial score (nSPS) is 16.3. The first-order valence-corrected chi connectivity index (χ1v) is 19.0. The summed E-state index contributed by atoms with van der Waals surface area (Å²) in [5.41, 5.74) is 7.16. The molecule has 0 bridgehead atoms. The fourth-order valence-electron chi connectivity index (χ4n) is 6.56. The number of para-hydroxylation sites is 1. The molecule has 1 saturated heterocycles. The van der Waals surface area contributed by atoms with Gasteiger partial charge in [-0.3, -0.25) is 10.2 Å². The molecule has 5 rings (SSSR count). The summed E-state index contributed by atoms with van der Waals surface area (Å²) in [4.78, 5) is 22.1. The number of carbonyl (C=O) groups excluding carboxylic acids is 1. The summed E-state index contributed by atoms with van der Waals surface area (Å²) in [5.74, 6) is 0.585. The lowest BCUT2D eigenvalue weighted by atomic mass is 9.96. The molecule has 2 aromatic carbocycles. The van der Waals surface area contributed by atoms with Crippen LogP contribution in [0.4, 0.5) is 0 Å². The highest BCUT2D eigenvalue weighted by Gasteiger charge is 2.47. The molecule has 0 spiro atoms. The third-order valence-corrected chi connectivity index (χ3v) is 11.7. The van der Waals surface area contributed by atoms with Gasteiger partial charge in [-0.05, 0) is 76.0 Å².